The fraction of sp³-hybridized carbons (Fsp3) is 0.316. The summed E-state index contributed by atoms with van der Waals surface area (Å²) in [6.07, 6.45) is 0.885. The van der Waals surface area contributed by atoms with E-state index in [1.165, 1.54) is 5.56 Å². The van der Waals surface area contributed by atoms with Crippen LogP contribution in [-0.4, -0.2) is 5.91 Å². The van der Waals surface area contributed by atoms with Crippen LogP contribution < -0.4 is 5.32 Å². The zero-order valence-electron chi connectivity index (χ0n) is 12.8. The SMILES string of the molecule is Cc1ccc(C(C)NC(=O)C2CC2c2ccccc2Cl)cc1. The average molecular weight is 314 g/mol. The normalized spacial score (nSPS) is 21.2. The van der Waals surface area contributed by atoms with E-state index in [-0.39, 0.29) is 23.8 Å². The lowest BCUT2D eigenvalue weighted by molar-refractivity contribution is -0.123. The number of aryl methyl sites for hydroxylation is 1. The maximum Gasteiger partial charge on any atom is 0.224 e. The van der Waals surface area contributed by atoms with Gasteiger partial charge in [-0.15, -0.1) is 0 Å². The minimum Gasteiger partial charge on any atom is -0.349 e. The lowest BCUT2D eigenvalue weighted by Crippen LogP contribution is -2.28. The summed E-state index contributed by atoms with van der Waals surface area (Å²) >= 11 is 6.21. The predicted molar refractivity (Wildman–Crippen MR) is 90.0 cm³/mol. The molecule has 3 atom stereocenters. The Morgan fingerprint density at radius 3 is 2.55 bits per heavy atom. The van der Waals surface area contributed by atoms with E-state index in [9.17, 15) is 4.79 Å². The molecule has 3 heteroatoms. The number of hydrogen-bond donors (Lipinski definition) is 1. The molecule has 0 bridgehead atoms. The number of amides is 1. The van der Waals surface area contributed by atoms with E-state index in [0.29, 0.717) is 0 Å². The number of rotatable bonds is 4. The van der Waals surface area contributed by atoms with Gasteiger partial charge >= 0.3 is 0 Å². The van der Waals surface area contributed by atoms with Crippen LogP contribution in [0.25, 0.3) is 0 Å². The minimum atomic E-state index is 0.0283. The van der Waals surface area contributed by atoms with Crippen molar-refractivity contribution in [2.75, 3.05) is 0 Å². The molecule has 0 spiro atoms. The third kappa shape index (κ3) is 3.17. The molecule has 1 aliphatic carbocycles. The molecule has 1 aliphatic rings. The fourth-order valence-electron chi connectivity index (χ4n) is 2.86. The third-order valence-corrected chi connectivity index (χ3v) is 4.71. The summed E-state index contributed by atoms with van der Waals surface area (Å²) in [6.45, 7) is 4.08. The molecule has 3 rings (SSSR count). The van der Waals surface area contributed by atoms with E-state index in [1.54, 1.807) is 0 Å². The molecule has 1 N–H and O–H groups in total. The molecular formula is C19H20ClNO. The monoisotopic (exact) mass is 313 g/mol. The van der Waals surface area contributed by atoms with Gasteiger partial charge in [0.25, 0.3) is 0 Å². The van der Waals surface area contributed by atoms with Crippen molar-refractivity contribution in [1.82, 2.24) is 5.32 Å². The highest BCUT2D eigenvalue weighted by Crippen LogP contribution is 2.49. The Morgan fingerprint density at radius 1 is 1.18 bits per heavy atom. The molecule has 1 amide bonds. The van der Waals surface area contributed by atoms with Crippen LogP contribution in [0.2, 0.25) is 5.02 Å². The average Bonchev–Trinajstić information content (AvgIpc) is 3.28. The van der Waals surface area contributed by atoms with Crippen LogP contribution in [0, 0.1) is 12.8 Å². The van der Waals surface area contributed by atoms with Crippen LogP contribution in [0.15, 0.2) is 48.5 Å². The van der Waals surface area contributed by atoms with Crippen molar-refractivity contribution in [3.05, 3.63) is 70.2 Å². The van der Waals surface area contributed by atoms with E-state index in [2.05, 4.69) is 36.5 Å². The Balaban J connectivity index is 1.62. The zero-order chi connectivity index (χ0) is 15.7. The zero-order valence-corrected chi connectivity index (χ0v) is 13.6. The largest absolute Gasteiger partial charge is 0.349 e. The molecule has 0 aliphatic heterocycles. The van der Waals surface area contributed by atoms with E-state index < -0.39 is 0 Å². The van der Waals surface area contributed by atoms with Crippen LogP contribution in [0.5, 0.6) is 0 Å². The summed E-state index contributed by atoms with van der Waals surface area (Å²) in [7, 11) is 0. The van der Waals surface area contributed by atoms with Crippen molar-refractivity contribution in [3.63, 3.8) is 0 Å². The summed E-state index contributed by atoms with van der Waals surface area (Å²) in [4.78, 5) is 12.4. The van der Waals surface area contributed by atoms with Crippen molar-refractivity contribution in [3.8, 4) is 0 Å². The van der Waals surface area contributed by atoms with E-state index >= 15 is 0 Å². The van der Waals surface area contributed by atoms with Crippen molar-refractivity contribution in [2.45, 2.75) is 32.2 Å². The lowest BCUT2D eigenvalue weighted by atomic mass is 10.1. The van der Waals surface area contributed by atoms with E-state index in [4.69, 9.17) is 11.6 Å². The van der Waals surface area contributed by atoms with Gasteiger partial charge in [-0.3, -0.25) is 4.79 Å². The second-order valence-corrected chi connectivity index (χ2v) is 6.52. The van der Waals surface area contributed by atoms with Gasteiger partial charge < -0.3 is 5.32 Å². The second kappa shape index (κ2) is 6.13. The summed E-state index contributed by atoms with van der Waals surface area (Å²) in [5.74, 6) is 0.435. The minimum absolute atomic E-state index is 0.0283. The number of halogens is 1. The molecule has 3 unspecified atom stereocenters. The third-order valence-electron chi connectivity index (χ3n) is 4.37. The highest BCUT2D eigenvalue weighted by atomic mass is 35.5. The number of benzene rings is 2. The smallest absolute Gasteiger partial charge is 0.224 e. The Morgan fingerprint density at radius 2 is 1.86 bits per heavy atom. The molecule has 2 nitrogen and oxygen atoms in total. The maximum absolute atomic E-state index is 12.4. The standard InChI is InChI=1S/C19H20ClNO/c1-12-7-9-14(10-8-12)13(2)21-19(22)17-11-16(17)15-5-3-4-6-18(15)20/h3-10,13,16-17H,11H2,1-2H3,(H,21,22). The Kier molecular flexibility index (Phi) is 4.21. The van der Waals surface area contributed by atoms with Crippen LogP contribution in [-0.2, 0) is 4.79 Å². The van der Waals surface area contributed by atoms with Crippen molar-refractivity contribution in [1.29, 1.82) is 0 Å². The van der Waals surface area contributed by atoms with Crippen molar-refractivity contribution < 1.29 is 4.79 Å². The first kappa shape index (κ1) is 15.1. The molecule has 1 saturated carbocycles. The van der Waals surface area contributed by atoms with Gasteiger partial charge in [-0.2, -0.15) is 0 Å². The molecule has 0 heterocycles. The van der Waals surface area contributed by atoms with Crippen molar-refractivity contribution in [2.24, 2.45) is 5.92 Å². The number of carbonyl (C=O) groups excluding carboxylic acids is 1. The topological polar surface area (TPSA) is 29.1 Å². The van der Waals surface area contributed by atoms with Crippen molar-refractivity contribution >= 4 is 17.5 Å². The highest BCUT2D eigenvalue weighted by molar-refractivity contribution is 6.31. The summed E-state index contributed by atoms with van der Waals surface area (Å²) < 4.78 is 0. The van der Waals surface area contributed by atoms with Gasteiger partial charge in [-0.25, -0.2) is 0 Å². The first-order valence-corrected chi connectivity index (χ1v) is 8.05. The van der Waals surface area contributed by atoms with E-state index in [1.807, 2.05) is 31.2 Å². The summed E-state index contributed by atoms with van der Waals surface area (Å²) in [5.41, 5.74) is 3.45. The number of nitrogens with one attached hydrogen (secondary N) is 1. The van der Waals surface area contributed by atoms with Gasteiger partial charge in [0.2, 0.25) is 5.91 Å². The molecule has 2 aromatic rings. The molecule has 114 valence electrons. The first-order chi connectivity index (χ1) is 10.6. The predicted octanol–water partition coefficient (Wildman–Crippen LogP) is 4.63. The molecule has 22 heavy (non-hydrogen) atoms. The molecular weight excluding hydrogens is 294 g/mol. The number of carbonyl (C=O) groups is 1. The van der Waals surface area contributed by atoms with Gasteiger partial charge in [0.1, 0.15) is 0 Å². The van der Waals surface area contributed by atoms with E-state index in [0.717, 1.165) is 22.6 Å². The molecule has 0 aromatic heterocycles. The molecule has 0 radical (unpaired) electrons. The van der Waals surface area contributed by atoms with Crippen LogP contribution in [0.1, 0.15) is 42.0 Å². The maximum atomic E-state index is 12.4. The Labute approximate surface area is 136 Å². The van der Waals surface area contributed by atoms with Crippen LogP contribution >= 0.6 is 11.6 Å². The molecule has 2 aromatic carbocycles. The lowest BCUT2D eigenvalue weighted by Gasteiger charge is -2.14. The van der Waals surface area contributed by atoms with Gasteiger partial charge in [-0.1, -0.05) is 59.6 Å². The summed E-state index contributed by atoms with van der Waals surface area (Å²) in [6, 6.07) is 16.1. The van der Waals surface area contributed by atoms with Gasteiger partial charge in [0, 0.05) is 10.9 Å². The highest BCUT2D eigenvalue weighted by Gasteiger charge is 2.45. The number of hydrogen-bond acceptors (Lipinski definition) is 1. The van der Waals surface area contributed by atoms with Crippen LogP contribution in [0.3, 0.4) is 0 Å². The Hall–Kier alpha value is -1.80. The Bertz CT molecular complexity index is 680. The van der Waals surface area contributed by atoms with Gasteiger partial charge in [0.05, 0.1) is 6.04 Å². The van der Waals surface area contributed by atoms with Gasteiger partial charge in [-0.05, 0) is 43.4 Å². The second-order valence-electron chi connectivity index (χ2n) is 6.11. The molecule has 0 saturated heterocycles. The quantitative estimate of drug-likeness (QED) is 0.876. The fourth-order valence-corrected chi connectivity index (χ4v) is 3.14. The summed E-state index contributed by atoms with van der Waals surface area (Å²) in [5, 5.41) is 3.87. The first-order valence-electron chi connectivity index (χ1n) is 7.67. The molecule has 1 fully saturated rings. The van der Waals surface area contributed by atoms with Gasteiger partial charge in [0.15, 0.2) is 0 Å². The van der Waals surface area contributed by atoms with Crippen LogP contribution in [0.4, 0.5) is 0 Å².